The van der Waals surface area contributed by atoms with Crippen LogP contribution in [0.2, 0.25) is 0 Å². The standard InChI is InChI=1S/C15H21BrFN/c1-18-15(11-5-3-2-4-6-11)9-12-7-8-13(16)10-14(12)17/h7-8,10-11,15,18H,2-6,9H2,1H3. The number of benzene rings is 1. The second-order valence-corrected chi connectivity index (χ2v) is 6.15. The molecule has 0 saturated heterocycles. The van der Waals surface area contributed by atoms with Crippen molar-refractivity contribution in [2.45, 2.75) is 44.6 Å². The summed E-state index contributed by atoms with van der Waals surface area (Å²) in [7, 11) is 2.00. The molecule has 0 bridgehead atoms. The maximum absolute atomic E-state index is 13.9. The summed E-state index contributed by atoms with van der Waals surface area (Å²) in [6.45, 7) is 0. The fourth-order valence-corrected chi connectivity index (χ4v) is 3.30. The van der Waals surface area contributed by atoms with Gasteiger partial charge in [0.2, 0.25) is 0 Å². The molecule has 0 heterocycles. The van der Waals surface area contributed by atoms with Crippen molar-refractivity contribution in [1.82, 2.24) is 5.32 Å². The Balaban J connectivity index is 2.04. The molecule has 0 aliphatic heterocycles. The van der Waals surface area contributed by atoms with E-state index in [0.717, 1.165) is 16.5 Å². The molecule has 3 heteroatoms. The molecule has 1 nitrogen and oxygen atoms in total. The molecule has 18 heavy (non-hydrogen) atoms. The van der Waals surface area contributed by atoms with Crippen LogP contribution in [0.4, 0.5) is 4.39 Å². The lowest BCUT2D eigenvalue weighted by Gasteiger charge is -2.30. The average molecular weight is 314 g/mol. The summed E-state index contributed by atoms with van der Waals surface area (Å²) in [5.41, 5.74) is 0.822. The summed E-state index contributed by atoms with van der Waals surface area (Å²) in [5, 5.41) is 3.38. The van der Waals surface area contributed by atoms with Gasteiger partial charge in [-0.15, -0.1) is 0 Å². The van der Waals surface area contributed by atoms with E-state index >= 15 is 0 Å². The van der Waals surface area contributed by atoms with Gasteiger partial charge in [-0.1, -0.05) is 41.3 Å². The quantitative estimate of drug-likeness (QED) is 0.874. The van der Waals surface area contributed by atoms with Crippen LogP contribution in [0.15, 0.2) is 22.7 Å². The van der Waals surface area contributed by atoms with Gasteiger partial charge in [0.15, 0.2) is 0 Å². The molecular weight excluding hydrogens is 293 g/mol. The van der Waals surface area contributed by atoms with Crippen LogP contribution in [-0.4, -0.2) is 13.1 Å². The summed E-state index contributed by atoms with van der Waals surface area (Å²) >= 11 is 3.30. The van der Waals surface area contributed by atoms with E-state index in [1.54, 1.807) is 6.07 Å². The zero-order valence-corrected chi connectivity index (χ0v) is 12.5. The molecule has 0 spiro atoms. The van der Waals surface area contributed by atoms with Crippen molar-refractivity contribution in [3.63, 3.8) is 0 Å². The van der Waals surface area contributed by atoms with Crippen LogP contribution in [0, 0.1) is 11.7 Å². The van der Waals surface area contributed by atoms with Crippen LogP contribution in [0.3, 0.4) is 0 Å². The van der Waals surface area contributed by atoms with Gasteiger partial charge in [-0.2, -0.15) is 0 Å². The van der Waals surface area contributed by atoms with Crippen molar-refractivity contribution < 1.29 is 4.39 Å². The first-order valence-electron chi connectivity index (χ1n) is 6.82. The van der Waals surface area contributed by atoms with Gasteiger partial charge in [0.25, 0.3) is 0 Å². The lowest BCUT2D eigenvalue weighted by Crippen LogP contribution is -2.36. The number of rotatable bonds is 4. The summed E-state index contributed by atoms with van der Waals surface area (Å²) < 4.78 is 14.7. The van der Waals surface area contributed by atoms with Gasteiger partial charge in [0, 0.05) is 10.5 Å². The predicted octanol–water partition coefficient (Wildman–Crippen LogP) is 4.30. The van der Waals surface area contributed by atoms with Crippen molar-refractivity contribution in [1.29, 1.82) is 0 Å². The number of hydrogen-bond acceptors (Lipinski definition) is 1. The van der Waals surface area contributed by atoms with Crippen molar-refractivity contribution in [2.24, 2.45) is 5.92 Å². The SMILES string of the molecule is CNC(Cc1ccc(Br)cc1F)C1CCCCC1. The van der Waals surface area contributed by atoms with E-state index in [0.29, 0.717) is 12.0 Å². The van der Waals surface area contributed by atoms with Gasteiger partial charge < -0.3 is 5.32 Å². The average Bonchev–Trinajstić information content (AvgIpc) is 2.39. The summed E-state index contributed by atoms with van der Waals surface area (Å²) in [6, 6.07) is 5.78. The number of hydrogen-bond donors (Lipinski definition) is 1. The molecule has 1 aromatic rings. The van der Waals surface area contributed by atoms with E-state index in [4.69, 9.17) is 0 Å². The van der Waals surface area contributed by atoms with Crippen molar-refractivity contribution in [2.75, 3.05) is 7.05 Å². The third-order valence-corrected chi connectivity index (χ3v) is 4.54. The minimum Gasteiger partial charge on any atom is -0.316 e. The molecule has 1 fully saturated rings. The van der Waals surface area contributed by atoms with Gasteiger partial charge in [-0.25, -0.2) is 4.39 Å². The molecule has 0 amide bonds. The number of nitrogens with one attached hydrogen (secondary N) is 1. The van der Waals surface area contributed by atoms with Crippen LogP contribution in [0.5, 0.6) is 0 Å². The van der Waals surface area contributed by atoms with Crippen LogP contribution in [0.1, 0.15) is 37.7 Å². The fourth-order valence-electron chi connectivity index (χ4n) is 2.97. The van der Waals surface area contributed by atoms with Crippen molar-refractivity contribution >= 4 is 15.9 Å². The van der Waals surface area contributed by atoms with Gasteiger partial charge >= 0.3 is 0 Å². The molecule has 0 radical (unpaired) electrons. The summed E-state index contributed by atoms with van der Waals surface area (Å²) in [4.78, 5) is 0. The van der Waals surface area contributed by atoms with E-state index in [-0.39, 0.29) is 5.82 Å². The third-order valence-electron chi connectivity index (χ3n) is 4.04. The maximum atomic E-state index is 13.9. The molecule has 1 atom stereocenters. The number of likely N-dealkylation sites (N-methyl/N-ethyl adjacent to an activating group) is 1. The van der Waals surface area contributed by atoms with Gasteiger partial charge in [0.1, 0.15) is 5.82 Å². The predicted molar refractivity (Wildman–Crippen MR) is 77.2 cm³/mol. The van der Waals surface area contributed by atoms with E-state index < -0.39 is 0 Å². The van der Waals surface area contributed by atoms with Crippen LogP contribution in [0.25, 0.3) is 0 Å². The van der Waals surface area contributed by atoms with E-state index in [9.17, 15) is 4.39 Å². The Hall–Kier alpha value is -0.410. The summed E-state index contributed by atoms with van der Waals surface area (Å²) in [5.74, 6) is 0.604. The second kappa shape index (κ2) is 6.67. The van der Waals surface area contributed by atoms with E-state index in [2.05, 4.69) is 21.2 Å². The Morgan fingerprint density at radius 1 is 1.33 bits per heavy atom. The minimum absolute atomic E-state index is 0.0968. The largest absolute Gasteiger partial charge is 0.316 e. The van der Waals surface area contributed by atoms with Gasteiger partial charge in [-0.3, -0.25) is 0 Å². The maximum Gasteiger partial charge on any atom is 0.127 e. The molecule has 1 N–H and O–H groups in total. The monoisotopic (exact) mass is 313 g/mol. The molecule has 0 aromatic heterocycles. The zero-order chi connectivity index (χ0) is 13.0. The molecule has 1 aromatic carbocycles. The molecule has 1 saturated carbocycles. The topological polar surface area (TPSA) is 12.0 Å². The Kier molecular flexibility index (Phi) is 5.19. The normalized spacial score (nSPS) is 18.8. The van der Waals surface area contributed by atoms with E-state index in [1.807, 2.05) is 19.2 Å². The lowest BCUT2D eigenvalue weighted by atomic mass is 9.81. The smallest absolute Gasteiger partial charge is 0.127 e. The molecule has 1 aliphatic carbocycles. The molecule has 1 aliphatic rings. The Labute approximate surface area is 117 Å². The third kappa shape index (κ3) is 3.55. The molecule has 100 valence electrons. The number of halogens is 2. The van der Waals surface area contributed by atoms with Crippen molar-refractivity contribution in [3.05, 3.63) is 34.1 Å². The highest BCUT2D eigenvalue weighted by atomic mass is 79.9. The minimum atomic E-state index is -0.0968. The van der Waals surface area contributed by atoms with E-state index in [1.165, 1.54) is 32.1 Å². The molecule has 2 rings (SSSR count). The van der Waals surface area contributed by atoms with Crippen LogP contribution < -0.4 is 5.32 Å². The zero-order valence-electron chi connectivity index (χ0n) is 10.9. The second-order valence-electron chi connectivity index (χ2n) is 5.23. The Morgan fingerprint density at radius 3 is 2.67 bits per heavy atom. The highest BCUT2D eigenvalue weighted by Gasteiger charge is 2.23. The van der Waals surface area contributed by atoms with Crippen LogP contribution in [-0.2, 0) is 6.42 Å². The lowest BCUT2D eigenvalue weighted by molar-refractivity contribution is 0.275. The first kappa shape index (κ1) is 14.0. The first-order valence-corrected chi connectivity index (χ1v) is 7.61. The Bertz CT molecular complexity index is 388. The highest BCUT2D eigenvalue weighted by Crippen LogP contribution is 2.28. The van der Waals surface area contributed by atoms with Gasteiger partial charge in [-0.05, 0) is 49.9 Å². The molecule has 1 unspecified atom stereocenters. The fraction of sp³-hybridized carbons (Fsp3) is 0.600. The summed E-state index contributed by atoms with van der Waals surface area (Å²) in [6.07, 6.45) is 7.37. The Morgan fingerprint density at radius 2 is 2.06 bits per heavy atom. The first-order chi connectivity index (χ1) is 8.70. The molecular formula is C15H21BrFN. The van der Waals surface area contributed by atoms with Crippen LogP contribution >= 0.6 is 15.9 Å². The highest BCUT2D eigenvalue weighted by molar-refractivity contribution is 9.10. The van der Waals surface area contributed by atoms with Gasteiger partial charge in [0.05, 0.1) is 0 Å². The van der Waals surface area contributed by atoms with Crippen molar-refractivity contribution in [3.8, 4) is 0 Å².